The van der Waals surface area contributed by atoms with Crippen molar-refractivity contribution in [3.8, 4) is 0 Å². The second-order valence-corrected chi connectivity index (χ2v) is 3.42. The van der Waals surface area contributed by atoms with Crippen LogP contribution in [0.1, 0.15) is 16.1 Å². The first kappa shape index (κ1) is 9.93. The van der Waals surface area contributed by atoms with Crippen LogP contribution in [0.15, 0.2) is 36.5 Å². The largest absolute Gasteiger partial charge is 0.359 e. The number of carbonyl (C=O) groups excluding carboxylic acids is 1. The molecule has 4 heteroatoms. The zero-order valence-corrected chi connectivity index (χ0v) is 8.38. The molecule has 2 nitrogen and oxygen atoms in total. The molecule has 2 rings (SSSR count). The zero-order chi connectivity index (χ0) is 10.8. The van der Waals surface area contributed by atoms with E-state index in [-0.39, 0.29) is 10.6 Å². The van der Waals surface area contributed by atoms with Gasteiger partial charge in [0.05, 0.1) is 16.3 Å². The van der Waals surface area contributed by atoms with E-state index >= 15 is 0 Å². The number of halogens is 2. The summed E-state index contributed by atoms with van der Waals surface area (Å²) in [6.45, 7) is 0. The molecule has 1 heterocycles. The summed E-state index contributed by atoms with van der Waals surface area (Å²) in [5.74, 6) is -1.05. The van der Waals surface area contributed by atoms with Gasteiger partial charge in [0.15, 0.2) is 0 Å². The van der Waals surface area contributed by atoms with Crippen molar-refractivity contribution in [2.75, 3.05) is 0 Å². The van der Waals surface area contributed by atoms with Crippen molar-refractivity contribution in [3.05, 3.63) is 58.6 Å². The first-order chi connectivity index (χ1) is 7.20. The maximum atomic E-state index is 13.4. The molecule has 0 bridgehead atoms. The number of ketones is 1. The van der Waals surface area contributed by atoms with Gasteiger partial charge in [-0.1, -0.05) is 17.7 Å². The monoisotopic (exact) mass is 223 g/mol. The van der Waals surface area contributed by atoms with Gasteiger partial charge >= 0.3 is 0 Å². The Morgan fingerprint density at radius 2 is 2.07 bits per heavy atom. The number of hydrogen-bond acceptors (Lipinski definition) is 1. The summed E-state index contributed by atoms with van der Waals surface area (Å²) in [6.07, 6.45) is 1.60. The Morgan fingerprint density at radius 1 is 1.27 bits per heavy atom. The molecule has 0 unspecified atom stereocenters. The smallest absolute Gasteiger partial charge is 0.213 e. The summed E-state index contributed by atoms with van der Waals surface area (Å²) in [5.41, 5.74) is 0.226. The van der Waals surface area contributed by atoms with Gasteiger partial charge in [-0.25, -0.2) is 4.39 Å². The van der Waals surface area contributed by atoms with Crippen LogP contribution in [0.3, 0.4) is 0 Å². The van der Waals surface area contributed by atoms with Gasteiger partial charge in [0, 0.05) is 6.20 Å². The highest BCUT2D eigenvalue weighted by molar-refractivity contribution is 6.34. The van der Waals surface area contributed by atoms with Gasteiger partial charge in [0.25, 0.3) is 0 Å². The third-order valence-electron chi connectivity index (χ3n) is 2.03. The molecule has 1 aromatic carbocycles. The number of H-pyrrole nitrogens is 1. The molecule has 0 spiro atoms. The molecular weight excluding hydrogens is 217 g/mol. The van der Waals surface area contributed by atoms with E-state index in [0.29, 0.717) is 5.69 Å². The molecule has 76 valence electrons. The summed E-state index contributed by atoms with van der Waals surface area (Å²) < 4.78 is 13.4. The number of benzene rings is 1. The fourth-order valence-corrected chi connectivity index (χ4v) is 1.57. The summed E-state index contributed by atoms with van der Waals surface area (Å²) in [5, 5.41) is 0.120. The minimum absolute atomic E-state index is 0.0957. The van der Waals surface area contributed by atoms with Crippen LogP contribution < -0.4 is 0 Å². The maximum Gasteiger partial charge on any atom is 0.213 e. The van der Waals surface area contributed by atoms with Crippen molar-refractivity contribution in [2.24, 2.45) is 0 Å². The standard InChI is InChI=1S/C11H7ClFNO/c12-7-3-1-4-8(13)10(7)11(15)9-5-2-6-14-9/h1-6,14H. The van der Waals surface area contributed by atoms with Crippen LogP contribution in [0.4, 0.5) is 4.39 Å². The predicted molar refractivity (Wildman–Crippen MR) is 55.6 cm³/mol. The van der Waals surface area contributed by atoms with Crippen LogP contribution in [0.2, 0.25) is 5.02 Å². The van der Waals surface area contributed by atoms with Crippen molar-refractivity contribution >= 4 is 17.4 Å². The van der Waals surface area contributed by atoms with Gasteiger partial charge in [0.1, 0.15) is 5.82 Å². The van der Waals surface area contributed by atoms with Crippen molar-refractivity contribution in [2.45, 2.75) is 0 Å². The van der Waals surface area contributed by atoms with E-state index in [1.165, 1.54) is 18.2 Å². The number of hydrogen-bond donors (Lipinski definition) is 1. The summed E-state index contributed by atoms with van der Waals surface area (Å²) in [4.78, 5) is 14.5. The van der Waals surface area contributed by atoms with E-state index < -0.39 is 11.6 Å². The molecule has 0 aliphatic carbocycles. The van der Waals surface area contributed by atoms with Crippen LogP contribution in [0.25, 0.3) is 0 Å². The van der Waals surface area contributed by atoms with Crippen molar-refractivity contribution in [1.29, 1.82) is 0 Å². The van der Waals surface area contributed by atoms with Gasteiger partial charge in [-0.2, -0.15) is 0 Å². The highest BCUT2D eigenvalue weighted by atomic mass is 35.5. The Hall–Kier alpha value is -1.61. The van der Waals surface area contributed by atoms with E-state index in [0.717, 1.165) is 0 Å². The SMILES string of the molecule is O=C(c1ccc[nH]1)c1c(F)cccc1Cl. The summed E-state index contributed by atoms with van der Waals surface area (Å²) >= 11 is 5.77. The predicted octanol–water partition coefficient (Wildman–Crippen LogP) is 3.04. The minimum Gasteiger partial charge on any atom is -0.359 e. The molecule has 0 aliphatic rings. The number of aromatic nitrogens is 1. The quantitative estimate of drug-likeness (QED) is 0.780. The Kier molecular flexibility index (Phi) is 2.56. The molecule has 2 aromatic rings. The van der Waals surface area contributed by atoms with Gasteiger partial charge in [-0.05, 0) is 24.3 Å². The minimum atomic E-state index is -0.609. The van der Waals surface area contributed by atoms with Gasteiger partial charge in [0.2, 0.25) is 5.78 Å². The molecule has 0 fully saturated rings. The molecule has 0 amide bonds. The third-order valence-corrected chi connectivity index (χ3v) is 2.35. The lowest BCUT2D eigenvalue weighted by Gasteiger charge is -2.02. The molecule has 0 radical (unpaired) electrons. The molecule has 1 N–H and O–H groups in total. The van der Waals surface area contributed by atoms with Crippen molar-refractivity contribution in [3.63, 3.8) is 0 Å². The van der Waals surface area contributed by atoms with E-state index in [1.807, 2.05) is 0 Å². The summed E-state index contributed by atoms with van der Waals surface area (Å²) in [6, 6.07) is 7.40. The molecule has 15 heavy (non-hydrogen) atoms. The average molecular weight is 224 g/mol. The maximum absolute atomic E-state index is 13.4. The van der Waals surface area contributed by atoms with Crippen LogP contribution in [0.5, 0.6) is 0 Å². The second-order valence-electron chi connectivity index (χ2n) is 3.01. The van der Waals surface area contributed by atoms with Crippen LogP contribution in [0, 0.1) is 5.82 Å². The van der Waals surface area contributed by atoms with Crippen LogP contribution in [-0.4, -0.2) is 10.8 Å². The average Bonchev–Trinajstić information content (AvgIpc) is 2.69. The fourth-order valence-electron chi connectivity index (χ4n) is 1.32. The lowest BCUT2D eigenvalue weighted by Crippen LogP contribution is -2.05. The Labute approximate surface area is 90.7 Å². The van der Waals surface area contributed by atoms with E-state index in [4.69, 9.17) is 11.6 Å². The zero-order valence-electron chi connectivity index (χ0n) is 7.63. The Bertz CT molecular complexity index is 473. The van der Waals surface area contributed by atoms with E-state index in [2.05, 4.69) is 4.98 Å². The Morgan fingerprint density at radius 3 is 2.67 bits per heavy atom. The highest BCUT2D eigenvalue weighted by Crippen LogP contribution is 2.21. The van der Waals surface area contributed by atoms with Crippen LogP contribution >= 0.6 is 11.6 Å². The third kappa shape index (κ3) is 1.78. The lowest BCUT2D eigenvalue weighted by molar-refractivity contribution is 0.103. The topological polar surface area (TPSA) is 32.9 Å². The number of nitrogens with one attached hydrogen (secondary N) is 1. The number of carbonyl (C=O) groups is 1. The van der Waals surface area contributed by atoms with Crippen molar-refractivity contribution in [1.82, 2.24) is 4.98 Å². The molecule has 0 saturated carbocycles. The van der Waals surface area contributed by atoms with Gasteiger partial charge in [-0.3, -0.25) is 4.79 Å². The second kappa shape index (κ2) is 3.87. The summed E-state index contributed by atoms with van der Waals surface area (Å²) in [7, 11) is 0. The molecule has 0 saturated heterocycles. The highest BCUT2D eigenvalue weighted by Gasteiger charge is 2.17. The fraction of sp³-hybridized carbons (Fsp3) is 0. The molecule has 0 atom stereocenters. The van der Waals surface area contributed by atoms with Crippen molar-refractivity contribution < 1.29 is 9.18 Å². The molecular formula is C11H7ClFNO. The lowest BCUT2D eigenvalue weighted by atomic mass is 10.1. The van der Waals surface area contributed by atoms with Crippen LogP contribution in [-0.2, 0) is 0 Å². The van der Waals surface area contributed by atoms with E-state index in [9.17, 15) is 9.18 Å². The number of rotatable bonds is 2. The van der Waals surface area contributed by atoms with Gasteiger partial charge < -0.3 is 4.98 Å². The number of aromatic amines is 1. The Balaban J connectivity index is 2.51. The first-order valence-corrected chi connectivity index (χ1v) is 4.70. The molecule has 1 aromatic heterocycles. The first-order valence-electron chi connectivity index (χ1n) is 4.32. The van der Waals surface area contributed by atoms with Gasteiger partial charge in [-0.15, -0.1) is 0 Å². The normalized spacial score (nSPS) is 10.3. The van der Waals surface area contributed by atoms with E-state index in [1.54, 1.807) is 18.3 Å². The molecule has 0 aliphatic heterocycles.